The zero-order valence-electron chi connectivity index (χ0n) is 9.17. The number of aromatic nitrogens is 1. The Kier molecular flexibility index (Phi) is 2.38. The molecule has 1 heterocycles. The number of rotatable bonds is 2. The van der Waals surface area contributed by atoms with Gasteiger partial charge >= 0.3 is 0 Å². The molecule has 1 aliphatic rings. The number of halogens is 2. The van der Waals surface area contributed by atoms with E-state index in [2.05, 4.69) is 4.98 Å². The first-order valence-corrected chi connectivity index (χ1v) is 5.97. The van der Waals surface area contributed by atoms with Crippen LogP contribution in [0.3, 0.4) is 0 Å². The van der Waals surface area contributed by atoms with Gasteiger partial charge in [-0.05, 0) is 25.3 Å². The van der Waals surface area contributed by atoms with Gasteiger partial charge in [0.1, 0.15) is 11.3 Å². The molecule has 0 atom stereocenters. The fourth-order valence-electron chi connectivity index (χ4n) is 2.16. The molecule has 3 nitrogen and oxygen atoms in total. The van der Waals surface area contributed by atoms with E-state index in [1.54, 1.807) is 0 Å². The quantitative estimate of drug-likeness (QED) is 0.896. The minimum Gasteiger partial charge on any atom is -0.441 e. The molecule has 0 radical (unpaired) electrons. The first kappa shape index (κ1) is 11.0. The maximum Gasteiger partial charge on any atom is 0.197 e. The molecule has 0 saturated heterocycles. The second kappa shape index (κ2) is 3.68. The Hall–Kier alpha value is -1.13. The van der Waals surface area contributed by atoms with Gasteiger partial charge in [-0.3, -0.25) is 0 Å². The van der Waals surface area contributed by atoms with Crippen molar-refractivity contribution in [3.63, 3.8) is 0 Å². The molecule has 17 heavy (non-hydrogen) atoms. The van der Waals surface area contributed by atoms with E-state index in [1.165, 1.54) is 12.1 Å². The summed E-state index contributed by atoms with van der Waals surface area (Å²) in [5.41, 5.74) is 6.92. The summed E-state index contributed by atoms with van der Waals surface area (Å²) in [6.07, 6.45) is 3.72. The molecule has 0 bridgehead atoms. The first-order valence-electron chi connectivity index (χ1n) is 5.59. The lowest BCUT2D eigenvalue weighted by molar-refractivity contribution is 0.232. The Morgan fingerprint density at radius 1 is 1.47 bits per heavy atom. The molecule has 5 heteroatoms. The van der Waals surface area contributed by atoms with E-state index in [1.807, 2.05) is 0 Å². The number of hydrogen-bond donors (Lipinski definition) is 1. The standard InChI is InChI=1S/C12H12ClFN2O/c13-7-4-9-10(5-8(7)14)17-11(16-9)6-12(15)2-1-3-12/h4-5H,1-3,6,15H2. The lowest BCUT2D eigenvalue weighted by atomic mass is 9.75. The largest absolute Gasteiger partial charge is 0.441 e. The molecular weight excluding hydrogens is 243 g/mol. The number of hydrogen-bond acceptors (Lipinski definition) is 3. The lowest BCUT2D eigenvalue weighted by Gasteiger charge is -2.36. The Morgan fingerprint density at radius 3 is 2.88 bits per heavy atom. The fraction of sp³-hybridized carbons (Fsp3) is 0.417. The summed E-state index contributed by atoms with van der Waals surface area (Å²) in [6.45, 7) is 0. The summed E-state index contributed by atoms with van der Waals surface area (Å²) in [6, 6.07) is 2.74. The highest BCUT2D eigenvalue weighted by atomic mass is 35.5. The van der Waals surface area contributed by atoms with Gasteiger partial charge in [0.05, 0.1) is 5.02 Å². The Bertz CT molecular complexity index is 538. The van der Waals surface area contributed by atoms with Crippen LogP contribution < -0.4 is 5.73 Å². The maximum atomic E-state index is 13.2. The molecule has 2 aromatic rings. The van der Waals surface area contributed by atoms with Crippen LogP contribution in [0, 0.1) is 5.82 Å². The molecule has 0 aliphatic heterocycles. The molecule has 2 N–H and O–H groups in total. The molecule has 0 unspecified atom stereocenters. The minimum atomic E-state index is -0.493. The Labute approximate surface area is 103 Å². The Balaban J connectivity index is 1.96. The van der Waals surface area contributed by atoms with Gasteiger partial charge in [0.25, 0.3) is 0 Å². The van der Waals surface area contributed by atoms with Crippen molar-refractivity contribution in [1.82, 2.24) is 4.98 Å². The number of oxazole rings is 1. The van der Waals surface area contributed by atoms with Crippen LogP contribution in [0.1, 0.15) is 25.2 Å². The SMILES string of the molecule is NC1(Cc2nc3cc(Cl)c(F)cc3o2)CCC1. The smallest absolute Gasteiger partial charge is 0.197 e. The first-order chi connectivity index (χ1) is 8.06. The molecule has 3 rings (SSSR count). The molecule has 0 amide bonds. The lowest BCUT2D eigenvalue weighted by Crippen LogP contribution is -2.48. The van der Waals surface area contributed by atoms with Crippen molar-refractivity contribution in [2.75, 3.05) is 0 Å². The predicted molar refractivity (Wildman–Crippen MR) is 63.5 cm³/mol. The van der Waals surface area contributed by atoms with Crippen LogP contribution in [0.4, 0.5) is 4.39 Å². The number of nitrogens with two attached hydrogens (primary N) is 1. The van der Waals surface area contributed by atoms with Gasteiger partial charge < -0.3 is 10.2 Å². The van der Waals surface area contributed by atoms with Gasteiger partial charge in [-0.15, -0.1) is 0 Å². The highest BCUT2D eigenvalue weighted by Crippen LogP contribution is 2.33. The number of benzene rings is 1. The summed E-state index contributed by atoms with van der Waals surface area (Å²) in [7, 11) is 0. The van der Waals surface area contributed by atoms with E-state index in [0.717, 1.165) is 19.3 Å². The van der Waals surface area contributed by atoms with Crippen molar-refractivity contribution < 1.29 is 8.81 Å². The number of fused-ring (bicyclic) bond motifs is 1. The van der Waals surface area contributed by atoms with E-state index in [9.17, 15) is 4.39 Å². The van der Waals surface area contributed by atoms with E-state index >= 15 is 0 Å². The summed E-state index contributed by atoms with van der Waals surface area (Å²) >= 11 is 5.69. The summed E-state index contributed by atoms with van der Waals surface area (Å²) in [4.78, 5) is 4.28. The van der Waals surface area contributed by atoms with E-state index in [-0.39, 0.29) is 10.6 Å². The highest BCUT2D eigenvalue weighted by molar-refractivity contribution is 6.31. The third kappa shape index (κ3) is 1.91. The third-order valence-electron chi connectivity index (χ3n) is 3.33. The van der Waals surface area contributed by atoms with Crippen molar-refractivity contribution in [2.45, 2.75) is 31.2 Å². The predicted octanol–water partition coefficient (Wildman–Crippen LogP) is 3.04. The van der Waals surface area contributed by atoms with E-state index < -0.39 is 5.82 Å². The third-order valence-corrected chi connectivity index (χ3v) is 3.62. The van der Waals surface area contributed by atoms with Crippen molar-refractivity contribution in [3.05, 3.63) is 28.9 Å². The van der Waals surface area contributed by atoms with Gasteiger partial charge in [-0.2, -0.15) is 0 Å². The van der Waals surface area contributed by atoms with Crippen molar-refractivity contribution in [1.29, 1.82) is 0 Å². The number of nitrogens with zero attached hydrogens (tertiary/aromatic N) is 1. The summed E-state index contributed by atoms with van der Waals surface area (Å²) in [5, 5.41) is 0.0588. The van der Waals surface area contributed by atoms with Crippen molar-refractivity contribution >= 4 is 22.7 Å². The molecule has 90 valence electrons. The molecule has 1 aromatic heterocycles. The van der Waals surface area contributed by atoms with E-state index in [0.29, 0.717) is 23.4 Å². The maximum absolute atomic E-state index is 13.2. The second-order valence-electron chi connectivity index (χ2n) is 4.73. The van der Waals surface area contributed by atoms with Gasteiger partial charge in [0.15, 0.2) is 11.5 Å². The summed E-state index contributed by atoms with van der Waals surface area (Å²) < 4.78 is 18.7. The van der Waals surface area contributed by atoms with Crippen LogP contribution in [0.5, 0.6) is 0 Å². The fourth-order valence-corrected chi connectivity index (χ4v) is 2.31. The highest BCUT2D eigenvalue weighted by Gasteiger charge is 2.34. The van der Waals surface area contributed by atoms with Gasteiger partial charge in [0.2, 0.25) is 0 Å². The molecule has 1 aliphatic carbocycles. The van der Waals surface area contributed by atoms with Crippen LogP contribution in [0.15, 0.2) is 16.5 Å². The van der Waals surface area contributed by atoms with Crippen LogP contribution in [0.2, 0.25) is 5.02 Å². The average Bonchev–Trinajstić information content (AvgIpc) is 2.58. The molecule has 1 fully saturated rings. The van der Waals surface area contributed by atoms with Gasteiger partial charge in [-0.1, -0.05) is 11.6 Å². The van der Waals surface area contributed by atoms with Crippen LogP contribution in [-0.4, -0.2) is 10.5 Å². The summed E-state index contributed by atoms with van der Waals surface area (Å²) in [5.74, 6) is 0.0665. The van der Waals surface area contributed by atoms with Crippen LogP contribution in [0.25, 0.3) is 11.1 Å². The molecule has 1 aromatic carbocycles. The Morgan fingerprint density at radius 2 is 2.24 bits per heavy atom. The second-order valence-corrected chi connectivity index (χ2v) is 5.14. The van der Waals surface area contributed by atoms with Crippen molar-refractivity contribution in [3.8, 4) is 0 Å². The molecular formula is C12H12ClFN2O. The van der Waals surface area contributed by atoms with Crippen LogP contribution >= 0.6 is 11.6 Å². The average molecular weight is 255 g/mol. The normalized spacial score (nSPS) is 18.3. The van der Waals surface area contributed by atoms with Crippen molar-refractivity contribution in [2.24, 2.45) is 5.73 Å². The van der Waals surface area contributed by atoms with Gasteiger partial charge in [-0.25, -0.2) is 9.37 Å². The van der Waals surface area contributed by atoms with Crippen LogP contribution in [-0.2, 0) is 6.42 Å². The molecule has 1 saturated carbocycles. The molecule has 0 spiro atoms. The zero-order valence-corrected chi connectivity index (χ0v) is 9.93. The van der Waals surface area contributed by atoms with E-state index in [4.69, 9.17) is 21.8 Å². The monoisotopic (exact) mass is 254 g/mol. The topological polar surface area (TPSA) is 52.0 Å². The van der Waals surface area contributed by atoms with Gasteiger partial charge in [0, 0.05) is 18.0 Å². The zero-order chi connectivity index (χ0) is 12.0. The minimum absolute atomic E-state index is 0.0588.